The van der Waals surface area contributed by atoms with Gasteiger partial charge in [0.05, 0.1) is 11.8 Å². The highest BCUT2D eigenvalue weighted by atomic mass is 16.3. The third-order valence-corrected chi connectivity index (χ3v) is 2.98. The van der Waals surface area contributed by atoms with Gasteiger partial charge < -0.3 is 15.7 Å². The Morgan fingerprint density at radius 3 is 3.07 bits per heavy atom. The van der Waals surface area contributed by atoms with Gasteiger partial charge in [0.25, 0.3) is 0 Å². The Kier molecular flexibility index (Phi) is 2.77. The van der Waals surface area contributed by atoms with Crippen LogP contribution >= 0.6 is 0 Å². The fourth-order valence-corrected chi connectivity index (χ4v) is 2.00. The second-order valence-corrected chi connectivity index (χ2v) is 4.20. The molecule has 1 aliphatic rings. The number of pyridine rings is 1. The molecule has 0 unspecified atom stereocenters. The molecule has 82 valence electrons. The van der Waals surface area contributed by atoms with Crippen LogP contribution in [0, 0.1) is 5.92 Å². The van der Waals surface area contributed by atoms with Gasteiger partial charge in [-0.15, -0.1) is 0 Å². The first-order valence-corrected chi connectivity index (χ1v) is 5.32. The van der Waals surface area contributed by atoms with Gasteiger partial charge in [-0.25, -0.2) is 4.98 Å². The van der Waals surface area contributed by atoms with Crippen molar-refractivity contribution >= 4 is 11.5 Å². The quantitative estimate of drug-likeness (QED) is 0.717. The van der Waals surface area contributed by atoms with Gasteiger partial charge in [-0.05, 0) is 24.5 Å². The molecule has 3 N–H and O–H groups in total. The summed E-state index contributed by atoms with van der Waals surface area (Å²) in [4.78, 5) is 6.43. The number of hydrogen-bond acceptors (Lipinski definition) is 4. The van der Waals surface area contributed by atoms with Crippen LogP contribution in [0.2, 0.25) is 0 Å². The Bertz CT molecular complexity index is 342. The third kappa shape index (κ3) is 2.04. The van der Waals surface area contributed by atoms with E-state index in [0.29, 0.717) is 5.69 Å². The van der Waals surface area contributed by atoms with E-state index in [1.54, 1.807) is 6.20 Å². The molecule has 0 amide bonds. The molecule has 2 heterocycles. The van der Waals surface area contributed by atoms with Crippen molar-refractivity contribution in [2.45, 2.75) is 19.4 Å². The highest BCUT2D eigenvalue weighted by molar-refractivity contribution is 5.62. The highest BCUT2D eigenvalue weighted by Gasteiger charge is 2.25. The second kappa shape index (κ2) is 4.06. The zero-order chi connectivity index (χ0) is 10.8. The Morgan fingerprint density at radius 2 is 2.40 bits per heavy atom. The zero-order valence-electron chi connectivity index (χ0n) is 8.93. The average Bonchev–Trinajstić information content (AvgIpc) is 2.23. The number of piperidine rings is 1. The van der Waals surface area contributed by atoms with Gasteiger partial charge >= 0.3 is 0 Å². The van der Waals surface area contributed by atoms with Crippen molar-refractivity contribution in [3.63, 3.8) is 0 Å². The Balaban J connectivity index is 2.15. The van der Waals surface area contributed by atoms with Gasteiger partial charge in [-0.2, -0.15) is 0 Å². The number of rotatable bonds is 1. The van der Waals surface area contributed by atoms with Gasteiger partial charge in [0.1, 0.15) is 0 Å². The van der Waals surface area contributed by atoms with Crippen molar-refractivity contribution < 1.29 is 5.11 Å². The van der Waals surface area contributed by atoms with Gasteiger partial charge in [-0.3, -0.25) is 0 Å². The van der Waals surface area contributed by atoms with Crippen molar-refractivity contribution in [3.05, 3.63) is 18.3 Å². The van der Waals surface area contributed by atoms with E-state index in [4.69, 9.17) is 5.73 Å². The molecule has 0 spiro atoms. The number of aliphatic hydroxyl groups excluding tert-OH is 1. The molecule has 0 aromatic carbocycles. The lowest BCUT2D eigenvalue weighted by Crippen LogP contribution is -2.42. The molecular formula is C11H17N3O. The topological polar surface area (TPSA) is 62.4 Å². The summed E-state index contributed by atoms with van der Waals surface area (Å²) in [5.41, 5.74) is 6.57. The van der Waals surface area contributed by atoms with Crippen molar-refractivity contribution in [1.29, 1.82) is 0 Å². The fraction of sp³-hybridized carbons (Fsp3) is 0.545. The lowest BCUT2D eigenvalue weighted by Gasteiger charge is -2.35. The minimum Gasteiger partial charge on any atom is -0.396 e. The molecule has 1 aromatic rings. The third-order valence-electron chi connectivity index (χ3n) is 2.98. The van der Waals surface area contributed by atoms with Crippen LogP contribution in [-0.4, -0.2) is 29.3 Å². The largest absolute Gasteiger partial charge is 0.396 e. The van der Waals surface area contributed by atoms with Crippen LogP contribution in [0.1, 0.15) is 13.3 Å². The van der Waals surface area contributed by atoms with Gasteiger partial charge in [-0.1, -0.05) is 6.92 Å². The zero-order valence-corrected chi connectivity index (χ0v) is 8.93. The second-order valence-electron chi connectivity index (χ2n) is 4.20. The standard InChI is InChI=1S/C11H17N3O/c1-8-7-14(6-4-10(8)15)11-9(12)3-2-5-13-11/h2-3,5,8,10,15H,4,6-7,12H2,1H3/t8-,10+/m0/s1. The van der Waals surface area contributed by atoms with E-state index in [1.165, 1.54) is 0 Å². The summed E-state index contributed by atoms with van der Waals surface area (Å²) in [7, 11) is 0. The molecule has 0 saturated carbocycles. The van der Waals surface area contributed by atoms with Gasteiger partial charge in [0, 0.05) is 19.3 Å². The van der Waals surface area contributed by atoms with E-state index in [9.17, 15) is 5.11 Å². The van der Waals surface area contributed by atoms with Crippen LogP contribution < -0.4 is 10.6 Å². The molecule has 1 aromatic heterocycles. The molecule has 0 radical (unpaired) electrons. The molecular weight excluding hydrogens is 190 g/mol. The number of anilines is 2. The molecule has 0 aliphatic carbocycles. The molecule has 15 heavy (non-hydrogen) atoms. The van der Waals surface area contributed by atoms with E-state index in [-0.39, 0.29) is 12.0 Å². The minimum absolute atomic E-state index is 0.189. The van der Waals surface area contributed by atoms with Crippen molar-refractivity contribution in [2.24, 2.45) is 5.92 Å². The van der Waals surface area contributed by atoms with Crippen LogP contribution in [0.15, 0.2) is 18.3 Å². The predicted molar refractivity (Wildman–Crippen MR) is 60.7 cm³/mol. The maximum absolute atomic E-state index is 9.63. The van der Waals surface area contributed by atoms with Gasteiger partial charge in [0.2, 0.25) is 0 Å². The Hall–Kier alpha value is -1.29. The maximum atomic E-state index is 9.63. The SMILES string of the molecule is C[C@H]1CN(c2ncccc2N)CC[C@H]1O. The summed E-state index contributed by atoms with van der Waals surface area (Å²) in [5.74, 6) is 1.12. The van der Waals surface area contributed by atoms with E-state index in [1.807, 2.05) is 12.1 Å². The molecule has 4 nitrogen and oxygen atoms in total. The monoisotopic (exact) mass is 207 g/mol. The summed E-state index contributed by atoms with van der Waals surface area (Å²) in [5, 5.41) is 9.63. The maximum Gasteiger partial charge on any atom is 0.151 e. The minimum atomic E-state index is -0.189. The predicted octanol–water partition coefficient (Wildman–Crippen LogP) is 0.871. The lowest BCUT2D eigenvalue weighted by atomic mass is 9.97. The molecule has 1 fully saturated rings. The van der Waals surface area contributed by atoms with E-state index in [2.05, 4.69) is 16.8 Å². The molecule has 2 rings (SSSR count). The van der Waals surface area contributed by atoms with E-state index < -0.39 is 0 Å². The summed E-state index contributed by atoms with van der Waals surface area (Å²) >= 11 is 0. The molecule has 4 heteroatoms. The number of aromatic nitrogens is 1. The Labute approximate surface area is 89.7 Å². The number of nitrogens with zero attached hydrogens (tertiary/aromatic N) is 2. The molecule has 2 atom stereocenters. The first kappa shape index (κ1) is 10.2. The molecule has 1 aliphatic heterocycles. The fourth-order valence-electron chi connectivity index (χ4n) is 2.00. The summed E-state index contributed by atoms with van der Waals surface area (Å²) in [6, 6.07) is 3.69. The van der Waals surface area contributed by atoms with Crippen LogP contribution in [0.3, 0.4) is 0 Å². The first-order chi connectivity index (χ1) is 7.18. The smallest absolute Gasteiger partial charge is 0.151 e. The normalized spacial score (nSPS) is 26.7. The number of hydrogen-bond donors (Lipinski definition) is 2. The number of nitrogens with two attached hydrogens (primary N) is 1. The van der Waals surface area contributed by atoms with E-state index >= 15 is 0 Å². The molecule has 1 saturated heterocycles. The van der Waals surface area contributed by atoms with Crippen molar-refractivity contribution in [1.82, 2.24) is 4.98 Å². The van der Waals surface area contributed by atoms with E-state index in [0.717, 1.165) is 25.3 Å². The van der Waals surface area contributed by atoms with Crippen LogP contribution in [0.5, 0.6) is 0 Å². The van der Waals surface area contributed by atoms with Crippen LogP contribution in [0.4, 0.5) is 11.5 Å². The van der Waals surface area contributed by atoms with Crippen LogP contribution in [-0.2, 0) is 0 Å². The summed E-state index contributed by atoms with van der Waals surface area (Å²) in [6.07, 6.45) is 2.35. The number of nitrogen functional groups attached to an aromatic ring is 1. The molecule has 0 bridgehead atoms. The average molecular weight is 207 g/mol. The summed E-state index contributed by atoms with van der Waals surface area (Å²) < 4.78 is 0. The first-order valence-electron chi connectivity index (χ1n) is 5.32. The summed E-state index contributed by atoms with van der Waals surface area (Å²) in [6.45, 7) is 3.70. The highest BCUT2D eigenvalue weighted by Crippen LogP contribution is 2.25. The van der Waals surface area contributed by atoms with Crippen LogP contribution in [0.25, 0.3) is 0 Å². The Morgan fingerprint density at radius 1 is 1.60 bits per heavy atom. The van der Waals surface area contributed by atoms with Crippen molar-refractivity contribution in [2.75, 3.05) is 23.7 Å². The number of aliphatic hydroxyl groups is 1. The van der Waals surface area contributed by atoms with Gasteiger partial charge in [0.15, 0.2) is 5.82 Å². The lowest BCUT2D eigenvalue weighted by molar-refractivity contribution is 0.0969. The van der Waals surface area contributed by atoms with Crippen molar-refractivity contribution in [3.8, 4) is 0 Å².